The average molecular weight is 223 g/mol. The Kier molecular flexibility index (Phi) is 3.56. The molecule has 0 aliphatic carbocycles. The van der Waals surface area contributed by atoms with Gasteiger partial charge in [-0.25, -0.2) is 4.98 Å². The first-order valence-electron chi connectivity index (χ1n) is 5.67. The van der Waals surface area contributed by atoms with Crippen LogP contribution in [-0.2, 0) is 4.74 Å². The summed E-state index contributed by atoms with van der Waals surface area (Å²) in [6, 6.07) is 1.47. The Morgan fingerprint density at radius 3 is 3.19 bits per heavy atom. The molecule has 1 aliphatic rings. The van der Waals surface area contributed by atoms with Crippen molar-refractivity contribution in [2.75, 3.05) is 18.5 Å². The van der Waals surface area contributed by atoms with Crippen LogP contribution in [0.3, 0.4) is 0 Å². The molecule has 1 aromatic rings. The van der Waals surface area contributed by atoms with Crippen LogP contribution in [0.4, 0.5) is 5.82 Å². The van der Waals surface area contributed by atoms with Crippen molar-refractivity contribution in [3.8, 4) is 0 Å². The van der Waals surface area contributed by atoms with E-state index in [0.29, 0.717) is 11.6 Å². The maximum absolute atomic E-state index is 11.2. The van der Waals surface area contributed by atoms with Crippen molar-refractivity contribution in [3.63, 3.8) is 0 Å². The topological polar surface area (TPSA) is 67.0 Å². The van der Waals surface area contributed by atoms with Crippen molar-refractivity contribution in [3.05, 3.63) is 22.2 Å². The van der Waals surface area contributed by atoms with Gasteiger partial charge < -0.3 is 15.0 Å². The van der Waals surface area contributed by atoms with E-state index in [2.05, 4.69) is 15.3 Å². The zero-order chi connectivity index (χ0) is 11.4. The predicted molar refractivity (Wildman–Crippen MR) is 61.7 cm³/mol. The Morgan fingerprint density at radius 2 is 2.50 bits per heavy atom. The molecule has 0 amide bonds. The fourth-order valence-corrected chi connectivity index (χ4v) is 1.86. The van der Waals surface area contributed by atoms with Crippen LogP contribution in [0.2, 0.25) is 0 Å². The molecule has 88 valence electrons. The molecule has 5 nitrogen and oxygen atoms in total. The van der Waals surface area contributed by atoms with Gasteiger partial charge in [-0.1, -0.05) is 0 Å². The Bertz CT molecular complexity index is 396. The average Bonchev–Trinajstić information content (AvgIpc) is 2.27. The normalized spacial score (nSPS) is 20.7. The van der Waals surface area contributed by atoms with Crippen molar-refractivity contribution in [1.29, 1.82) is 0 Å². The Balaban J connectivity index is 1.90. The Morgan fingerprint density at radius 1 is 1.62 bits per heavy atom. The molecule has 1 atom stereocenters. The number of aromatic nitrogens is 2. The largest absolute Gasteiger partial charge is 0.376 e. The first-order valence-corrected chi connectivity index (χ1v) is 5.67. The number of nitrogens with zero attached hydrogens (tertiary/aromatic N) is 1. The monoisotopic (exact) mass is 223 g/mol. The molecule has 0 aromatic carbocycles. The van der Waals surface area contributed by atoms with E-state index in [0.717, 1.165) is 26.0 Å². The molecule has 0 radical (unpaired) electrons. The molecule has 1 unspecified atom stereocenters. The van der Waals surface area contributed by atoms with Gasteiger partial charge in [-0.3, -0.25) is 4.79 Å². The van der Waals surface area contributed by atoms with Crippen LogP contribution in [0.5, 0.6) is 0 Å². The third-order valence-electron chi connectivity index (χ3n) is 2.64. The van der Waals surface area contributed by atoms with Gasteiger partial charge >= 0.3 is 0 Å². The number of rotatable bonds is 3. The lowest BCUT2D eigenvalue weighted by molar-refractivity contribution is 0.0247. The van der Waals surface area contributed by atoms with Crippen molar-refractivity contribution in [2.24, 2.45) is 0 Å². The Labute approximate surface area is 94.2 Å². The number of hydrogen-bond acceptors (Lipinski definition) is 4. The van der Waals surface area contributed by atoms with E-state index in [9.17, 15) is 4.79 Å². The van der Waals surface area contributed by atoms with E-state index in [1.807, 2.05) is 0 Å². The van der Waals surface area contributed by atoms with Crippen LogP contribution in [0.15, 0.2) is 10.9 Å². The van der Waals surface area contributed by atoms with Crippen LogP contribution in [0, 0.1) is 6.92 Å². The van der Waals surface area contributed by atoms with Gasteiger partial charge in [0, 0.05) is 19.2 Å². The summed E-state index contributed by atoms with van der Waals surface area (Å²) >= 11 is 0. The molecule has 16 heavy (non-hydrogen) atoms. The lowest BCUT2D eigenvalue weighted by Gasteiger charge is -2.22. The summed E-state index contributed by atoms with van der Waals surface area (Å²) < 4.78 is 5.58. The van der Waals surface area contributed by atoms with Gasteiger partial charge in [-0.05, 0) is 26.2 Å². The van der Waals surface area contributed by atoms with Crippen molar-refractivity contribution >= 4 is 5.82 Å². The molecule has 2 heterocycles. The van der Waals surface area contributed by atoms with E-state index >= 15 is 0 Å². The number of aromatic amines is 1. The number of hydrogen-bond donors (Lipinski definition) is 2. The molecule has 1 aliphatic heterocycles. The van der Waals surface area contributed by atoms with Crippen molar-refractivity contribution in [1.82, 2.24) is 9.97 Å². The molecule has 1 aromatic heterocycles. The van der Waals surface area contributed by atoms with Gasteiger partial charge in [0.15, 0.2) is 0 Å². The highest BCUT2D eigenvalue weighted by Gasteiger charge is 2.13. The van der Waals surface area contributed by atoms with Gasteiger partial charge in [-0.15, -0.1) is 0 Å². The number of nitrogens with one attached hydrogen (secondary N) is 2. The maximum Gasteiger partial charge on any atom is 0.252 e. The van der Waals surface area contributed by atoms with Gasteiger partial charge in [0.2, 0.25) is 0 Å². The summed E-state index contributed by atoms with van der Waals surface area (Å²) in [6.45, 7) is 3.33. The summed E-state index contributed by atoms with van der Waals surface area (Å²) in [5.41, 5.74) is -0.125. The molecule has 1 fully saturated rings. The molecule has 0 bridgehead atoms. The quantitative estimate of drug-likeness (QED) is 0.804. The van der Waals surface area contributed by atoms with Gasteiger partial charge in [0.05, 0.1) is 6.10 Å². The molecule has 5 heteroatoms. The van der Waals surface area contributed by atoms with E-state index in [4.69, 9.17) is 4.74 Å². The molecular weight excluding hydrogens is 206 g/mol. The second-order valence-corrected chi connectivity index (χ2v) is 4.09. The summed E-state index contributed by atoms with van der Waals surface area (Å²) in [5.74, 6) is 1.25. The second kappa shape index (κ2) is 5.12. The fraction of sp³-hybridized carbons (Fsp3) is 0.636. The van der Waals surface area contributed by atoms with Crippen molar-refractivity contribution < 1.29 is 4.74 Å². The lowest BCUT2D eigenvalue weighted by Crippen LogP contribution is -2.27. The first kappa shape index (κ1) is 11.1. The van der Waals surface area contributed by atoms with Crippen LogP contribution in [0.1, 0.15) is 25.1 Å². The minimum atomic E-state index is -0.125. The van der Waals surface area contributed by atoms with Crippen LogP contribution in [-0.4, -0.2) is 29.2 Å². The molecular formula is C11H17N3O2. The van der Waals surface area contributed by atoms with Crippen LogP contribution >= 0.6 is 0 Å². The smallest absolute Gasteiger partial charge is 0.252 e. The summed E-state index contributed by atoms with van der Waals surface area (Å²) in [5, 5.41) is 3.14. The highest BCUT2D eigenvalue weighted by atomic mass is 16.5. The van der Waals surface area contributed by atoms with Crippen LogP contribution < -0.4 is 10.9 Å². The molecule has 2 N–H and O–H groups in total. The fourth-order valence-electron chi connectivity index (χ4n) is 1.86. The standard InChI is InChI=1S/C11H17N3O2/c1-8-13-10(6-11(15)14-8)12-7-9-4-2-3-5-16-9/h6,9H,2-5,7H2,1H3,(H2,12,13,14,15). The zero-order valence-corrected chi connectivity index (χ0v) is 9.45. The van der Waals surface area contributed by atoms with E-state index in [1.54, 1.807) is 6.92 Å². The molecule has 0 spiro atoms. The minimum Gasteiger partial charge on any atom is -0.376 e. The number of anilines is 1. The predicted octanol–water partition coefficient (Wildman–Crippen LogP) is 1.06. The van der Waals surface area contributed by atoms with E-state index in [1.165, 1.54) is 12.5 Å². The van der Waals surface area contributed by atoms with Crippen molar-refractivity contribution in [2.45, 2.75) is 32.3 Å². The summed E-state index contributed by atoms with van der Waals surface area (Å²) in [7, 11) is 0. The third kappa shape index (κ3) is 3.06. The SMILES string of the molecule is Cc1nc(NCC2CCCCO2)cc(=O)[nH]1. The highest BCUT2D eigenvalue weighted by molar-refractivity contribution is 5.32. The van der Waals surface area contributed by atoms with Gasteiger partial charge in [0.25, 0.3) is 5.56 Å². The van der Waals surface area contributed by atoms with Gasteiger partial charge in [0.1, 0.15) is 11.6 Å². The molecule has 0 saturated carbocycles. The number of aryl methyl sites for hydroxylation is 1. The van der Waals surface area contributed by atoms with E-state index in [-0.39, 0.29) is 11.7 Å². The zero-order valence-electron chi connectivity index (χ0n) is 9.45. The lowest BCUT2D eigenvalue weighted by atomic mass is 10.1. The first-order chi connectivity index (χ1) is 7.74. The molecule has 1 saturated heterocycles. The maximum atomic E-state index is 11.2. The Hall–Kier alpha value is -1.36. The summed E-state index contributed by atoms with van der Waals surface area (Å²) in [4.78, 5) is 18.0. The van der Waals surface area contributed by atoms with E-state index < -0.39 is 0 Å². The van der Waals surface area contributed by atoms with Gasteiger partial charge in [-0.2, -0.15) is 0 Å². The highest BCUT2D eigenvalue weighted by Crippen LogP contribution is 2.12. The van der Waals surface area contributed by atoms with Crippen LogP contribution in [0.25, 0.3) is 0 Å². The second-order valence-electron chi connectivity index (χ2n) is 4.09. The third-order valence-corrected chi connectivity index (χ3v) is 2.64. The summed E-state index contributed by atoms with van der Waals surface area (Å²) in [6.07, 6.45) is 3.69. The number of ether oxygens (including phenoxy) is 1. The number of H-pyrrole nitrogens is 1. The molecule has 2 rings (SSSR count). The minimum absolute atomic E-state index is 0.125.